The number of halogens is 1. The average molecular weight is 660 g/mol. The number of rotatable bonds is 9. The third kappa shape index (κ3) is 4.48. The fourth-order valence-corrected chi connectivity index (χ4v) is 6.90. The van der Waals surface area contributed by atoms with E-state index in [1.165, 1.54) is 44.6 Å². The number of primary amides is 1. The smallest absolute Gasteiger partial charge is 0.291 e. The van der Waals surface area contributed by atoms with E-state index in [-0.39, 0.29) is 29.6 Å². The molecule has 4 aromatic rings. The minimum Gasteiger partial charge on any atom is -0.496 e. The predicted octanol–water partition coefficient (Wildman–Crippen LogP) is 3.96. The van der Waals surface area contributed by atoms with Crippen LogP contribution >= 0.6 is 15.9 Å². The predicted molar refractivity (Wildman–Crippen MR) is 157 cm³/mol. The molecular formula is C29H27BrN2O9S. The van der Waals surface area contributed by atoms with Crippen LogP contribution < -0.4 is 24.7 Å². The number of benzene rings is 3. The molecule has 1 aliphatic rings. The maximum absolute atomic E-state index is 15.0. The quantitative estimate of drug-likeness (QED) is 0.201. The van der Waals surface area contributed by atoms with Crippen molar-refractivity contribution in [3.05, 3.63) is 81.5 Å². The molecule has 0 fully saturated rings. The summed E-state index contributed by atoms with van der Waals surface area (Å²) < 4.78 is 58.8. The van der Waals surface area contributed by atoms with Gasteiger partial charge in [-0.05, 0) is 53.9 Å². The van der Waals surface area contributed by atoms with Gasteiger partial charge >= 0.3 is 0 Å². The third-order valence-corrected chi connectivity index (χ3v) is 9.28. The number of nitrogens with two attached hydrogens (primary N) is 1. The van der Waals surface area contributed by atoms with Crippen LogP contribution in [0.2, 0.25) is 0 Å². The summed E-state index contributed by atoms with van der Waals surface area (Å²) in [5, 5.41) is 0.584. The second kappa shape index (κ2) is 10.6. The van der Waals surface area contributed by atoms with E-state index >= 15 is 4.79 Å². The number of carbonyl (C=O) groups is 2. The maximum Gasteiger partial charge on any atom is 0.291 e. The highest BCUT2D eigenvalue weighted by Crippen LogP contribution is 2.49. The summed E-state index contributed by atoms with van der Waals surface area (Å²) in [6.45, 7) is 1.61. The van der Waals surface area contributed by atoms with Crippen molar-refractivity contribution in [1.29, 1.82) is 0 Å². The van der Waals surface area contributed by atoms with Gasteiger partial charge in [-0.1, -0.05) is 34.1 Å². The van der Waals surface area contributed by atoms with E-state index in [4.69, 9.17) is 24.7 Å². The van der Waals surface area contributed by atoms with Crippen LogP contribution in [0.3, 0.4) is 0 Å². The third-order valence-electron chi connectivity index (χ3n) is 7.39. The van der Waals surface area contributed by atoms with Crippen molar-refractivity contribution in [1.82, 2.24) is 4.57 Å². The first-order valence-corrected chi connectivity index (χ1v) is 14.8. The van der Waals surface area contributed by atoms with Crippen LogP contribution in [0.25, 0.3) is 10.9 Å². The van der Waals surface area contributed by atoms with E-state index in [1.807, 2.05) is 6.07 Å². The van der Waals surface area contributed by atoms with Crippen molar-refractivity contribution in [2.45, 2.75) is 17.6 Å². The fourth-order valence-electron chi connectivity index (χ4n) is 5.48. The number of nitrogens with zero attached hydrogens (tertiary/aromatic N) is 1. The lowest BCUT2D eigenvalue weighted by Gasteiger charge is -2.32. The Hall–Kier alpha value is -4.07. The summed E-state index contributed by atoms with van der Waals surface area (Å²) in [7, 11) is -1.16. The van der Waals surface area contributed by atoms with E-state index in [0.29, 0.717) is 27.8 Å². The van der Waals surface area contributed by atoms with E-state index in [9.17, 15) is 17.8 Å². The molecule has 2 atom stereocenters. The molecule has 2 unspecified atom stereocenters. The monoisotopic (exact) mass is 658 g/mol. The number of amides is 1. The summed E-state index contributed by atoms with van der Waals surface area (Å²) >= 11 is 3.45. The molecule has 0 saturated heterocycles. The number of hydrogen-bond donors (Lipinski definition) is 2. The molecule has 1 amide bonds. The van der Waals surface area contributed by atoms with Crippen LogP contribution in [-0.4, -0.2) is 50.2 Å². The highest BCUT2D eigenvalue weighted by molar-refractivity contribution is 9.10. The highest BCUT2D eigenvalue weighted by atomic mass is 79.9. The number of ether oxygens (including phenoxy) is 4. The van der Waals surface area contributed by atoms with E-state index in [2.05, 4.69) is 15.9 Å². The number of carbonyl (C=O) groups excluding carboxylic acids is 2. The van der Waals surface area contributed by atoms with E-state index < -0.39 is 38.0 Å². The van der Waals surface area contributed by atoms with Crippen LogP contribution in [0.1, 0.15) is 28.2 Å². The molecule has 1 aliphatic heterocycles. The molecule has 2 heterocycles. The molecule has 220 valence electrons. The molecule has 3 N–H and O–H groups in total. The van der Waals surface area contributed by atoms with Crippen molar-refractivity contribution in [3.63, 3.8) is 0 Å². The number of ketones is 1. The van der Waals surface area contributed by atoms with Crippen LogP contribution in [-0.2, 0) is 31.5 Å². The van der Waals surface area contributed by atoms with Gasteiger partial charge in [0.25, 0.3) is 20.8 Å². The number of Topliss-reactive ketones (excluding diaryl/α,β-unsaturated/α-hetero) is 1. The first-order valence-electron chi connectivity index (χ1n) is 12.5. The Labute approximate surface area is 250 Å². The summed E-state index contributed by atoms with van der Waals surface area (Å²) in [6.07, 6.45) is 1.65. The minimum absolute atomic E-state index is 0.104. The van der Waals surface area contributed by atoms with Crippen molar-refractivity contribution in [2.75, 3.05) is 21.0 Å². The molecule has 13 heteroatoms. The first-order chi connectivity index (χ1) is 19.8. The molecule has 0 saturated carbocycles. The molecule has 1 aromatic heterocycles. The second-order valence-corrected chi connectivity index (χ2v) is 12.3. The Morgan fingerprint density at radius 3 is 2.43 bits per heavy atom. The normalized spacial score (nSPS) is 14.8. The van der Waals surface area contributed by atoms with Gasteiger partial charge in [-0.2, -0.15) is 8.42 Å². The highest BCUT2D eigenvalue weighted by Gasteiger charge is 2.61. The van der Waals surface area contributed by atoms with Crippen molar-refractivity contribution >= 4 is 48.6 Å². The van der Waals surface area contributed by atoms with Crippen LogP contribution in [0.4, 0.5) is 0 Å². The number of fused-ring (bicyclic) bond motifs is 2. The largest absolute Gasteiger partial charge is 0.496 e. The topological polar surface area (TPSA) is 156 Å². The van der Waals surface area contributed by atoms with Gasteiger partial charge in [-0.3, -0.25) is 14.1 Å². The number of aryl methyl sites for hydroxylation is 2. The zero-order valence-corrected chi connectivity index (χ0v) is 25.4. The second-order valence-electron chi connectivity index (χ2n) is 9.84. The summed E-state index contributed by atoms with van der Waals surface area (Å²) in [5.74, 6) is -3.68. The Bertz CT molecular complexity index is 1870. The zero-order valence-electron chi connectivity index (χ0n) is 23.0. The minimum atomic E-state index is -5.57. The Balaban J connectivity index is 1.90. The van der Waals surface area contributed by atoms with Crippen molar-refractivity contribution < 1.29 is 41.5 Å². The first kappa shape index (κ1) is 29.4. The lowest BCUT2D eigenvalue weighted by atomic mass is 9.78. The Morgan fingerprint density at radius 2 is 1.79 bits per heavy atom. The standard InChI is InChI=1S/C29H27BrN2O9S/c1-15-5-8-20(22(9-15)38-3)29(28(31)34,42(35,36)37)27(33)25(16-10-23(39-4)26-24(11-16)40-14-41-26)19-13-32(2)21-12-17(30)6-7-18(19)21/h5-13,25H,14H2,1-4H3,(H2,31,34)(H,35,36,37). The Kier molecular flexibility index (Phi) is 7.46. The van der Waals surface area contributed by atoms with Gasteiger partial charge in [0.2, 0.25) is 12.5 Å². The van der Waals surface area contributed by atoms with Gasteiger partial charge in [0, 0.05) is 34.2 Å². The van der Waals surface area contributed by atoms with Crippen molar-refractivity contribution in [2.24, 2.45) is 12.8 Å². The molecule has 0 radical (unpaired) electrons. The molecular weight excluding hydrogens is 632 g/mol. The van der Waals surface area contributed by atoms with Crippen LogP contribution in [0.15, 0.2) is 59.2 Å². The summed E-state index contributed by atoms with van der Waals surface area (Å²) in [5.41, 5.74) is 7.27. The molecule has 0 aliphatic carbocycles. The average Bonchev–Trinajstić information content (AvgIpc) is 3.53. The maximum atomic E-state index is 15.0. The lowest BCUT2D eigenvalue weighted by molar-refractivity contribution is -0.131. The molecule has 11 nitrogen and oxygen atoms in total. The van der Waals surface area contributed by atoms with Crippen LogP contribution in [0.5, 0.6) is 23.0 Å². The van der Waals surface area contributed by atoms with Crippen LogP contribution in [0, 0.1) is 6.92 Å². The molecule has 3 aromatic carbocycles. The molecule has 0 spiro atoms. The van der Waals surface area contributed by atoms with E-state index in [1.54, 1.807) is 36.9 Å². The van der Waals surface area contributed by atoms with Gasteiger partial charge in [0.05, 0.1) is 20.1 Å². The lowest BCUT2D eigenvalue weighted by Crippen LogP contribution is -2.55. The summed E-state index contributed by atoms with van der Waals surface area (Å²) in [4.78, 5) is 28.4. The van der Waals surface area contributed by atoms with E-state index in [0.717, 1.165) is 4.47 Å². The van der Waals surface area contributed by atoms with Gasteiger partial charge in [-0.15, -0.1) is 0 Å². The van der Waals surface area contributed by atoms with Gasteiger partial charge in [0.1, 0.15) is 5.75 Å². The number of hydrogen-bond acceptors (Lipinski definition) is 8. The summed E-state index contributed by atoms with van der Waals surface area (Å²) in [6, 6.07) is 12.5. The van der Waals surface area contributed by atoms with Crippen molar-refractivity contribution in [3.8, 4) is 23.0 Å². The van der Waals surface area contributed by atoms with Gasteiger partial charge < -0.3 is 29.2 Å². The number of aromatic nitrogens is 1. The number of methoxy groups -OCH3 is 2. The van der Waals surface area contributed by atoms with Gasteiger partial charge in [0.15, 0.2) is 17.3 Å². The fraction of sp³-hybridized carbons (Fsp3) is 0.241. The Morgan fingerprint density at radius 1 is 1.07 bits per heavy atom. The van der Waals surface area contributed by atoms with Gasteiger partial charge in [-0.25, -0.2) is 0 Å². The molecule has 42 heavy (non-hydrogen) atoms. The molecule has 0 bridgehead atoms. The SMILES string of the molecule is COc1cc(C)ccc1C(C(N)=O)(C(=O)C(c1cc(OC)c2c(c1)OCO2)c1cn(C)c2cc(Br)ccc12)S(=O)(=O)O. The molecule has 5 rings (SSSR count). The zero-order chi connectivity index (χ0) is 30.6.